The highest BCUT2D eigenvalue weighted by Crippen LogP contribution is 2.27. The summed E-state index contributed by atoms with van der Waals surface area (Å²) in [6.45, 7) is 5.06. The molecule has 130 valence electrons. The summed E-state index contributed by atoms with van der Waals surface area (Å²) in [4.78, 5) is 11.9. The van der Waals surface area contributed by atoms with Gasteiger partial charge in [0.25, 0.3) is 0 Å². The molecule has 6 heteroatoms. The van der Waals surface area contributed by atoms with E-state index in [-0.39, 0.29) is 25.5 Å². The Labute approximate surface area is 137 Å². The number of carbonyl (C=O) groups is 1. The van der Waals surface area contributed by atoms with Gasteiger partial charge in [-0.05, 0) is 23.6 Å². The van der Waals surface area contributed by atoms with Crippen molar-refractivity contribution in [2.75, 3.05) is 34.0 Å². The molecule has 0 bridgehead atoms. The minimum Gasteiger partial charge on any atom is -0.493 e. The fraction of sp³-hybridized carbons (Fsp3) is 0.588. The van der Waals surface area contributed by atoms with E-state index in [4.69, 9.17) is 14.2 Å². The van der Waals surface area contributed by atoms with Gasteiger partial charge in [0.15, 0.2) is 11.5 Å². The second kappa shape index (κ2) is 10.1. The van der Waals surface area contributed by atoms with E-state index in [1.807, 2.05) is 19.9 Å². The summed E-state index contributed by atoms with van der Waals surface area (Å²) in [6, 6.07) is 5.33. The number of nitrogens with one attached hydrogen (secondary N) is 1. The molecule has 2 N–H and O–H groups in total. The summed E-state index contributed by atoms with van der Waals surface area (Å²) in [5.41, 5.74) is 0.811. The molecule has 1 aromatic carbocycles. The molecule has 1 rings (SSSR count). The lowest BCUT2D eigenvalue weighted by atomic mass is 10.1. The molecule has 0 aliphatic heterocycles. The summed E-state index contributed by atoms with van der Waals surface area (Å²) < 4.78 is 15.7. The zero-order valence-electron chi connectivity index (χ0n) is 14.3. The van der Waals surface area contributed by atoms with Crippen molar-refractivity contribution in [1.82, 2.24) is 5.32 Å². The molecule has 1 unspecified atom stereocenters. The van der Waals surface area contributed by atoms with E-state index in [1.165, 1.54) is 0 Å². The molecular weight excluding hydrogens is 298 g/mol. The zero-order chi connectivity index (χ0) is 17.2. The van der Waals surface area contributed by atoms with E-state index in [0.29, 0.717) is 24.0 Å². The van der Waals surface area contributed by atoms with Gasteiger partial charge < -0.3 is 24.6 Å². The maximum absolute atomic E-state index is 11.9. The van der Waals surface area contributed by atoms with Crippen LogP contribution in [0.1, 0.15) is 19.4 Å². The van der Waals surface area contributed by atoms with Crippen molar-refractivity contribution >= 4 is 5.91 Å². The van der Waals surface area contributed by atoms with Gasteiger partial charge in [0, 0.05) is 13.2 Å². The van der Waals surface area contributed by atoms with Crippen LogP contribution in [0.5, 0.6) is 11.5 Å². The van der Waals surface area contributed by atoms with Crippen molar-refractivity contribution in [3.05, 3.63) is 23.8 Å². The number of aliphatic hydroxyl groups is 1. The number of aliphatic hydroxyl groups excluding tert-OH is 1. The first-order valence-electron chi connectivity index (χ1n) is 7.69. The van der Waals surface area contributed by atoms with Crippen LogP contribution in [0, 0.1) is 5.92 Å². The van der Waals surface area contributed by atoms with Crippen molar-refractivity contribution in [1.29, 1.82) is 0 Å². The van der Waals surface area contributed by atoms with Gasteiger partial charge in [-0.3, -0.25) is 4.79 Å². The van der Waals surface area contributed by atoms with Crippen molar-refractivity contribution in [3.63, 3.8) is 0 Å². The van der Waals surface area contributed by atoms with E-state index in [1.54, 1.807) is 26.4 Å². The van der Waals surface area contributed by atoms with Crippen molar-refractivity contribution < 1.29 is 24.1 Å². The monoisotopic (exact) mass is 325 g/mol. The Morgan fingerprint density at radius 1 is 1.17 bits per heavy atom. The number of benzene rings is 1. The lowest BCUT2D eigenvalue weighted by Gasteiger charge is -2.14. The average Bonchev–Trinajstić information content (AvgIpc) is 2.52. The fourth-order valence-electron chi connectivity index (χ4n) is 1.97. The van der Waals surface area contributed by atoms with Crippen molar-refractivity contribution in [2.24, 2.45) is 5.92 Å². The normalized spacial score (nSPS) is 12.1. The molecule has 0 fully saturated rings. The standard InChI is InChI=1S/C17H27NO5/c1-12(2)10-23-11-14(19)9-18-17(20)8-13-5-6-15(21-3)16(7-13)22-4/h5-7,12,14,19H,8-11H2,1-4H3,(H,18,20). The Hall–Kier alpha value is -1.79. The largest absolute Gasteiger partial charge is 0.493 e. The Morgan fingerprint density at radius 2 is 1.87 bits per heavy atom. The molecule has 0 saturated heterocycles. The van der Waals surface area contributed by atoms with E-state index in [0.717, 1.165) is 5.56 Å². The molecule has 0 aromatic heterocycles. The summed E-state index contributed by atoms with van der Waals surface area (Å²) in [7, 11) is 3.11. The highest BCUT2D eigenvalue weighted by molar-refractivity contribution is 5.78. The predicted octanol–water partition coefficient (Wildman–Crippen LogP) is 1.40. The Balaban J connectivity index is 2.39. The Kier molecular flexibility index (Phi) is 8.43. The number of hydrogen-bond donors (Lipinski definition) is 2. The minimum atomic E-state index is -0.705. The van der Waals surface area contributed by atoms with Gasteiger partial charge in [-0.15, -0.1) is 0 Å². The predicted molar refractivity (Wildman–Crippen MR) is 87.9 cm³/mol. The van der Waals surface area contributed by atoms with Crippen LogP contribution in [0.4, 0.5) is 0 Å². The summed E-state index contributed by atoms with van der Waals surface area (Å²) in [6.07, 6.45) is -0.497. The summed E-state index contributed by atoms with van der Waals surface area (Å²) in [5, 5.41) is 12.4. The van der Waals surface area contributed by atoms with Gasteiger partial charge >= 0.3 is 0 Å². The van der Waals surface area contributed by atoms with Crippen LogP contribution in [-0.2, 0) is 16.0 Å². The van der Waals surface area contributed by atoms with E-state index >= 15 is 0 Å². The molecule has 0 spiro atoms. The molecule has 0 aliphatic rings. The van der Waals surface area contributed by atoms with Gasteiger partial charge in [-0.1, -0.05) is 19.9 Å². The molecular formula is C17H27NO5. The van der Waals surface area contributed by atoms with Crippen LogP contribution < -0.4 is 14.8 Å². The van der Waals surface area contributed by atoms with E-state index < -0.39 is 6.10 Å². The molecule has 1 atom stereocenters. The minimum absolute atomic E-state index is 0.167. The molecule has 23 heavy (non-hydrogen) atoms. The second-order valence-electron chi connectivity index (χ2n) is 5.76. The van der Waals surface area contributed by atoms with Gasteiger partial charge in [-0.25, -0.2) is 0 Å². The van der Waals surface area contributed by atoms with E-state index in [9.17, 15) is 9.90 Å². The van der Waals surface area contributed by atoms with Crippen molar-refractivity contribution in [3.8, 4) is 11.5 Å². The number of hydrogen-bond acceptors (Lipinski definition) is 5. The third-order valence-electron chi connectivity index (χ3n) is 3.11. The van der Waals surface area contributed by atoms with Gasteiger partial charge in [0.1, 0.15) is 0 Å². The third kappa shape index (κ3) is 7.34. The van der Waals surface area contributed by atoms with Gasteiger partial charge in [0.05, 0.1) is 33.4 Å². The van der Waals surface area contributed by atoms with Crippen LogP contribution in [0.3, 0.4) is 0 Å². The maximum Gasteiger partial charge on any atom is 0.224 e. The average molecular weight is 325 g/mol. The number of rotatable bonds is 10. The second-order valence-corrected chi connectivity index (χ2v) is 5.76. The smallest absolute Gasteiger partial charge is 0.224 e. The third-order valence-corrected chi connectivity index (χ3v) is 3.11. The van der Waals surface area contributed by atoms with Crippen LogP contribution in [0.15, 0.2) is 18.2 Å². The SMILES string of the molecule is COc1ccc(CC(=O)NCC(O)COCC(C)C)cc1OC. The topological polar surface area (TPSA) is 77.0 Å². The first-order chi connectivity index (χ1) is 11.0. The molecule has 0 radical (unpaired) electrons. The van der Waals surface area contributed by atoms with Gasteiger partial charge in [-0.2, -0.15) is 0 Å². The number of ether oxygens (including phenoxy) is 3. The molecule has 0 aliphatic carbocycles. The van der Waals surface area contributed by atoms with Crippen molar-refractivity contribution in [2.45, 2.75) is 26.4 Å². The lowest BCUT2D eigenvalue weighted by Crippen LogP contribution is -2.35. The molecule has 0 saturated carbocycles. The number of methoxy groups -OCH3 is 2. The quantitative estimate of drug-likeness (QED) is 0.680. The molecule has 6 nitrogen and oxygen atoms in total. The molecule has 0 heterocycles. The highest BCUT2D eigenvalue weighted by atomic mass is 16.5. The Morgan fingerprint density at radius 3 is 2.48 bits per heavy atom. The lowest BCUT2D eigenvalue weighted by molar-refractivity contribution is -0.121. The first-order valence-corrected chi connectivity index (χ1v) is 7.69. The van der Waals surface area contributed by atoms with Crippen LogP contribution in [-0.4, -0.2) is 51.1 Å². The maximum atomic E-state index is 11.9. The summed E-state index contributed by atoms with van der Waals surface area (Å²) >= 11 is 0. The Bertz CT molecular complexity index is 490. The van der Waals surface area contributed by atoms with Crippen LogP contribution in [0.25, 0.3) is 0 Å². The van der Waals surface area contributed by atoms with Crippen LogP contribution >= 0.6 is 0 Å². The van der Waals surface area contributed by atoms with E-state index in [2.05, 4.69) is 5.32 Å². The van der Waals surface area contributed by atoms with Gasteiger partial charge in [0.2, 0.25) is 5.91 Å². The molecule has 1 aromatic rings. The summed E-state index contributed by atoms with van der Waals surface area (Å²) in [5.74, 6) is 1.45. The number of carbonyl (C=O) groups excluding carboxylic acids is 1. The first kappa shape index (κ1) is 19.3. The highest BCUT2D eigenvalue weighted by Gasteiger charge is 2.10. The zero-order valence-corrected chi connectivity index (χ0v) is 14.3. The van der Waals surface area contributed by atoms with Crippen LogP contribution in [0.2, 0.25) is 0 Å². The fourth-order valence-corrected chi connectivity index (χ4v) is 1.97. The number of amides is 1. The molecule has 1 amide bonds.